The molecule has 0 atom stereocenters. The lowest BCUT2D eigenvalue weighted by Gasteiger charge is -2.07. The third-order valence-corrected chi connectivity index (χ3v) is 2.82. The Morgan fingerprint density at radius 2 is 2.21 bits per heavy atom. The summed E-state index contributed by atoms with van der Waals surface area (Å²) < 4.78 is 0. The number of rotatable bonds is 4. The van der Waals surface area contributed by atoms with Gasteiger partial charge in [-0.05, 0) is 37.1 Å². The summed E-state index contributed by atoms with van der Waals surface area (Å²) in [6, 6.07) is 8.80. The second kappa shape index (κ2) is 6.00. The van der Waals surface area contributed by atoms with Gasteiger partial charge in [-0.2, -0.15) is 0 Å². The van der Waals surface area contributed by atoms with Gasteiger partial charge in [-0.25, -0.2) is 0 Å². The molecule has 2 aromatic rings. The Bertz CT molecular complexity index is 568. The van der Waals surface area contributed by atoms with Gasteiger partial charge < -0.3 is 10.4 Å². The molecule has 0 saturated carbocycles. The Morgan fingerprint density at radius 3 is 2.95 bits per heavy atom. The molecule has 98 valence electrons. The van der Waals surface area contributed by atoms with E-state index in [1.165, 1.54) is 6.07 Å². The lowest BCUT2D eigenvalue weighted by atomic mass is 10.1. The average Bonchev–Trinajstić information content (AvgIpc) is 2.42. The summed E-state index contributed by atoms with van der Waals surface area (Å²) in [5, 5.41) is 12.4. The van der Waals surface area contributed by atoms with Crippen LogP contribution in [-0.4, -0.2) is 22.5 Å². The number of carbonyl (C=O) groups is 1. The average molecular weight is 256 g/mol. The van der Waals surface area contributed by atoms with Gasteiger partial charge in [0.05, 0.1) is 5.56 Å². The molecule has 0 bridgehead atoms. The van der Waals surface area contributed by atoms with Crippen molar-refractivity contribution in [2.75, 3.05) is 6.54 Å². The summed E-state index contributed by atoms with van der Waals surface area (Å²) in [6.07, 6.45) is 4.20. The SMILES string of the molecule is Cc1ccc(O)c(C(=O)NCCc2cccnc2)c1. The van der Waals surface area contributed by atoms with Gasteiger partial charge in [-0.15, -0.1) is 0 Å². The Balaban J connectivity index is 1.93. The topological polar surface area (TPSA) is 62.2 Å². The summed E-state index contributed by atoms with van der Waals surface area (Å²) in [7, 11) is 0. The van der Waals surface area contributed by atoms with E-state index in [1.54, 1.807) is 24.5 Å². The van der Waals surface area contributed by atoms with Crippen LogP contribution in [0.15, 0.2) is 42.7 Å². The molecule has 19 heavy (non-hydrogen) atoms. The molecule has 1 aromatic carbocycles. The van der Waals surface area contributed by atoms with E-state index in [2.05, 4.69) is 10.3 Å². The zero-order chi connectivity index (χ0) is 13.7. The molecular formula is C15H16N2O2. The first kappa shape index (κ1) is 13.1. The van der Waals surface area contributed by atoms with Gasteiger partial charge in [-0.1, -0.05) is 17.7 Å². The van der Waals surface area contributed by atoms with E-state index >= 15 is 0 Å². The minimum absolute atomic E-state index is 0.00415. The highest BCUT2D eigenvalue weighted by atomic mass is 16.3. The van der Waals surface area contributed by atoms with E-state index in [-0.39, 0.29) is 11.7 Å². The summed E-state index contributed by atoms with van der Waals surface area (Å²) in [5.41, 5.74) is 2.32. The first-order valence-electron chi connectivity index (χ1n) is 6.13. The minimum Gasteiger partial charge on any atom is -0.507 e. The van der Waals surface area contributed by atoms with E-state index < -0.39 is 0 Å². The minimum atomic E-state index is -0.259. The van der Waals surface area contributed by atoms with Crippen molar-refractivity contribution in [3.63, 3.8) is 0 Å². The molecule has 0 saturated heterocycles. The molecule has 2 N–H and O–H groups in total. The molecule has 4 nitrogen and oxygen atoms in total. The van der Waals surface area contributed by atoms with Crippen molar-refractivity contribution in [2.24, 2.45) is 0 Å². The van der Waals surface area contributed by atoms with Crippen molar-refractivity contribution in [3.05, 3.63) is 59.4 Å². The quantitative estimate of drug-likeness (QED) is 0.880. The fraction of sp³-hybridized carbons (Fsp3) is 0.200. The van der Waals surface area contributed by atoms with E-state index in [9.17, 15) is 9.90 Å². The van der Waals surface area contributed by atoms with Crippen molar-refractivity contribution in [1.82, 2.24) is 10.3 Å². The third-order valence-electron chi connectivity index (χ3n) is 2.82. The molecular weight excluding hydrogens is 240 g/mol. The number of benzene rings is 1. The van der Waals surface area contributed by atoms with Crippen LogP contribution in [0.3, 0.4) is 0 Å². The molecule has 2 rings (SSSR count). The number of phenolic OH excluding ortho intramolecular Hbond substituents is 1. The van der Waals surface area contributed by atoms with Crippen LogP contribution < -0.4 is 5.32 Å². The smallest absolute Gasteiger partial charge is 0.255 e. The molecule has 0 fully saturated rings. The highest BCUT2D eigenvalue weighted by Crippen LogP contribution is 2.17. The van der Waals surface area contributed by atoms with Gasteiger partial charge >= 0.3 is 0 Å². The number of amides is 1. The normalized spacial score (nSPS) is 10.2. The van der Waals surface area contributed by atoms with E-state index in [4.69, 9.17) is 0 Å². The number of phenols is 1. The van der Waals surface area contributed by atoms with E-state index in [0.717, 1.165) is 11.1 Å². The molecule has 1 aromatic heterocycles. The Kier molecular flexibility index (Phi) is 4.13. The van der Waals surface area contributed by atoms with Crippen molar-refractivity contribution in [2.45, 2.75) is 13.3 Å². The molecule has 0 spiro atoms. The lowest BCUT2D eigenvalue weighted by molar-refractivity contribution is 0.0951. The Hall–Kier alpha value is -2.36. The van der Waals surface area contributed by atoms with Crippen LogP contribution in [0.5, 0.6) is 5.75 Å². The molecule has 0 aliphatic heterocycles. The van der Waals surface area contributed by atoms with Gasteiger partial charge in [0.25, 0.3) is 5.91 Å². The maximum absolute atomic E-state index is 11.9. The number of nitrogens with one attached hydrogen (secondary N) is 1. The van der Waals surface area contributed by atoms with Crippen LogP contribution in [0, 0.1) is 6.92 Å². The van der Waals surface area contributed by atoms with Gasteiger partial charge in [-0.3, -0.25) is 9.78 Å². The number of aromatic hydroxyl groups is 1. The maximum atomic E-state index is 11.9. The van der Waals surface area contributed by atoms with Crippen LogP contribution in [0.4, 0.5) is 0 Å². The number of aryl methyl sites for hydroxylation is 1. The molecule has 1 heterocycles. The number of nitrogens with zero attached hydrogens (tertiary/aromatic N) is 1. The highest BCUT2D eigenvalue weighted by Gasteiger charge is 2.10. The van der Waals surface area contributed by atoms with Crippen molar-refractivity contribution in [1.29, 1.82) is 0 Å². The van der Waals surface area contributed by atoms with Crippen LogP contribution in [0.2, 0.25) is 0 Å². The molecule has 1 amide bonds. The van der Waals surface area contributed by atoms with Gasteiger partial charge in [0, 0.05) is 18.9 Å². The summed E-state index contributed by atoms with van der Waals surface area (Å²) >= 11 is 0. The highest BCUT2D eigenvalue weighted by molar-refractivity contribution is 5.96. The predicted molar refractivity (Wildman–Crippen MR) is 73.1 cm³/mol. The van der Waals surface area contributed by atoms with Crippen LogP contribution >= 0.6 is 0 Å². The number of hydrogen-bond acceptors (Lipinski definition) is 3. The second-order valence-electron chi connectivity index (χ2n) is 4.39. The number of carbonyl (C=O) groups excluding carboxylic acids is 1. The molecule has 0 unspecified atom stereocenters. The van der Waals surface area contributed by atoms with E-state index in [0.29, 0.717) is 18.5 Å². The van der Waals surface area contributed by atoms with Crippen molar-refractivity contribution < 1.29 is 9.90 Å². The zero-order valence-corrected chi connectivity index (χ0v) is 10.8. The van der Waals surface area contributed by atoms with Crippen molar-refractivity contribution in [3.8, 4) is 5.75 Å². The number of pyridine rings is 1. The van der Waals surface area contributed by atoms with E-state index in [1.807, 2.05) is 19.1 Å². The standard InChI is InChI=1S/C15H16N2O2/c1-11-4-5-14(18)13(9-11)15(19)17-8-6-12-3-2-7-16-10-12/h2-5,7,9-10,18H,6,8H2,1H3,(H,17,19). The van der Waals surface area contributed by atoms with Gasteiger partial charge in [0.1, 0.15) is 5.75 Å². The Labute approximate surface area is 112 Å². The fourth-order valence-corrected chi connectivity index (χ4v) is 1.79. The van der Waals surface area contributed by atoms with Crippen LogP contribution in [0.25, 0.3) is 0 Å². The van der Waals surface area contributed by atoms with Crippen molar-refractivity contribution >= 4 is 5.91 Å². The monoisotopic (exact) mass is 256 g/mol. The summed E-state index contributed by atoms with van der Waals surface area (Å²) in [6.45, 7) is 2.39. The van der Waals surface area contributed by atoms with Gasteiger partial charge in [0.2, 0.25) is 0 Å². The second-order valence-corrected chi connectivity index (χ2v) is 4.39. The number of aromatic nitrogens is 1. The lowest BCUT2D eigenvalue weighted by Crippen LogP contribution is -2.25. The predicted octanol–water partition coefficient (Wildman–Crippen LogP) is 2.07. The Morgan fingerprint density at radius 1 is 1.37 bits per heavy atom. The first-order chi connectivity index (χ1) is 9.16. The van der Waals surface area contributed by atoms with Crippen LogP contribution in [0.1, 0.15) is 21.5 Å². The largest absolute Gasteiger partial charge is 0.507 e. The van der Waals surface area contributed by atoms with Crippen LogP contribution in [-0.2, 0) is 6.42 Å². The molecule has 0 aliphatic carbocycles. The molecule has 0 aliphatic rings. The maximum Gasteiger partial charge on any atom is 0.255 e. The summed E-state index contributed by atoms with van der Waals surface area (Å²) in [5.74, 6) is -0.255. The first-order valence-corrected chi connectivity index (χ1v) is 6.13. The van der Waals surface area contributed by atoms with Gasteiger partial charge in [0.15, 0.2) is 0 Å². The third kappa shape index (κ3) is 3.55. The molecule has 4 heteroatoms. The summed E-state index contributed by atoms with van der Waals surface area (Å²) in [4.78, 5) is 15.9. The molecule has 0 radical (unpaired) electrons. The number of hydrogen-bond donors (Lipinski definition) is 2. The fourth-order valence-electron chi connectivity index (χ4n) is 1.79. The zero-order valence-electron chi connectivity index (χ0n) is 10.8.